The van der Waals surface area contributed by atoms with Crippen LogP contribution in [0.2, 0.25) is 0 Å². The van der Waals surface area contributed by atoms with Crippen LogP contribution in [0.25, 0.3) is 0 Å². The summed E-state index contributed by atoms with van der Waals surface area (Å²) in [5.74, 6) is -0.314. The number of nitrogens with one attached hydrogen (secondary N) is 1. The number of hydrogen-bond acceptors (Lipinski definition) is 4. The van der Waals surface area contributed by atoms with Gasteiger partial charge in [-0.2, -0.15) is 0 Å². The van der Waals surface area contributed by atoms with E-state index < -0.39 is 23.8 Å². The summed E-state index contributed by atoms with van der Waals surface area (Å²) in [4.78, 5) is 24.1. The van der Waals surface area contributed by atoms with Crippen LogP contribution in [0.3, 0.4) is 0 Å². The number of ether oxygens (including phenoxy) is 1. The highest BCUT2D eigenvalue weighted by molar-refractivity contribution is 5.86. The SMILES string of the molecule is CCC[C@H](NC(=O)OC(C)(C)C)C(O)C(=O)Cc1ccccc1. The van der Waals surface area contributed by atoms with E-state index in [-0.39, 0.29) is 12.2 Å². The summed E-state index contributed by atoms with van der Waals surface area (Å²) in [6.45, 7) is 7.22. The van der Waals surface area contributed by atoms with Crippen molar-refractivity contribution >= 4 is 11.9 Å². The molecular weight excluding hydrogens is 294 g/mol. The number of benzene rings is 1. The van der Waals surface area contributed by atoms with E-state index >= 15 is 0 Å². The van der Waals surface area contributed by atoms with Crippen LogP contribution < -0.4 is 5.32 Å². The number of amides is 1. The summed E-state index contributed by atoms with van der Waals surface area (Å²) in [6, 6.07) is 8.58. The Balaban J connectivity index is 2.67. The molecule has 0 bridgehead atoms. The third kappa shape index (κ3) is 7.28. The van der Waals surface area contributed by atoms with Gasteiger partial charge in [-0.3, -0.25) is 4.79 Å². The van der Waals surface area contributed by atoms with Crippen molar-refractivity contribution < 1.29 is 19.4 Å². The lowest BCUT2D eigenvalue weighted by Crippen LogP contribution is -2.48. The Morgan fingerprint density at radius 3 is 2.35 bits per heavy atom. The fraction of sp³-hybridized carbons (Fsp3) is 0.556. The molecule has 23 heavy (non-hydrogen) atoms. The first kappa shape index (κ1) is 19.2. The summed E-state index contributed by atoms with van der Waals surface area (Å²) in [5, 5.41) is 12.9. The molecule has 5 heteroatoms. The van der Waals surface area contributed by atoms with Crippen molar-refractivity contribution in [1.82, 2.24) is 5.32 Å². The van der Waals surface area contributed by atoms with Gasteiger partial charge in [-0.25, -0.2) is 4.79 Å². The average molecular weight is 321 g/mol. The number of aliphatic hydroxyl groups is 1. The van der Waals surface area contributed by atoms with Crippen LogP contribution in [0, 0.1) is 0 Å². The molecule has 0 aliphatic heterocycles. The van der Waals surface area contributed by atoms with Crippen molar-refractivity contribution in [3.63, 3.8) is 0 Å². The van der Waals surface area contributed by atoms with Gasteiger partial charge >= 0.3 is 6.09 Å². The van der Waals surface area contributed by atoms with Gasteiger partial charge in [0.1, 0.15) is 11.7 Å². The normalized spacial score (nSPS) is 14.0. The predicted molar refractivity (Wildman–Crippen MR) is 89.2 cm³/mol. The number of Topliss-reactive ketones (excluding diaryl/α,β-unsaturated/α-hetero) is 1. The van der Waals surface area contributed by atoms with Crippen LogP contribution in [-0.4, -0.2) is 34.7 Å². The topological polar surface area (TPSA) is 75.6 Å². The molecule has 128 valence electrons. The Hall–Kier alpha value is -1.88. The van der Waals surface area contributed by atoms with Gasteiger partial charge in [-0.1, -0.05) is 43.7 Å². The number of carbonyl (C=O) groups is 2. The second-order valence-corrected chi connectivity index (χ2v) is 6.61. The Bertz CT molecular complexity index is 508. The van der Waals surface area contributed by atoms with Crippen LogP contribution in [0.4, 0.5) is 4.79 Å². The van der Waals surface area contributed by atoms with Gasteiger partial charge < -0.3 is 15.2 Å². The van der Waals surface area contributed by atoms with Crippen molar-refractivity contribution in [2.75, 3.05) is 0 Å². The fourth-order valence-corrected chi connectivity index (χ4v) is 2.20. The van der Waals surface area contributed by atoms with E-state index in [0.29, 0.717) is 6.42 Å². The number of rotatable bonds is 7. The molecule has 2 atom stereocenters. The second-order valence-electron chi connectivity index (χ2n) is 6.61. The summed E-state index contributed by atoms with van der Waals surface area (Å²) in [7, 11) is 0. The molecule has 0 saturated heterocycles. The average Bonchev–Trinajstić information content (AvgIpc) is 2.45. The molecule has 0 heterocycles. The lowest BCUT2D eigenvalue weighted by molar-refractivity contribution is -0.127. The fourth-order valence-electron chi connectivity index (χ4n) is 2.20. The summed E-state index contributed by atoms with van der Waals surface area (Å²) in [5.41, 5.74) is 0.212. The van der Waals surface area contributed by atoms with Crippen LogP contribution >= 0.6 is 0 Å². The van der Waals surface area contributed by atoms with Gasteiger partial charge in [0, 0.05) is 6.42 Å². The zero-order chi connectivity index (χ0) is 17.5. The first-order valence-electron chi connectivity index (χ1n) is 7.97. The molecule has 0 fully saturated rings. The first-order valence-corrected chi connectivity index (χ1v) is 7.97. The number of aliphatic hydroxyl groups excluding tert-OH is 1. The third-order valence-electron chi connectivity index (χ3n) is 3.23. The van der Waals surface area contributed by atoms with Crippen LogP contribution in [0.15, 0.2) is 30.3 Å². The minimum Gasteiger partial charge on any atom is -0.444 e. The largest absolute Gasteiger partial charge is 0.444 e. The molecule has 5 nitrogen and oxygen atoms in total. The minimum atomic E-state index is -1.25. The van der Waals surface area contributed by atoms with E-state index in [1.54, 1.807) is 20.8 Å². The molecule has 1 rings (SSSR count). The quantitative estimate of drug-likeness (QED) is 0.810. The standard InChI is InChI=1S/C18H27NO4/c1-5-9-14(19-17(22)23-18(2,3)4)16(21)15(20)12-13-10-7-6-8-11-13/h6-8,10-11,14,16,21H,5,9,12H2,1-4H3,(H,19,22)/t14-,16?/m0/s1. The van der Waals surface area contributed by atoms with Gasteiger partial charge in [0.2, 0.25) is 0 Å². The van der Waals surface area contributed by atoms with E-state index in [1.807, 2.05) is 37.3 Å². The molecule has 0 saturated carbocycles. The van der Waals surface area contributed by atoms with Crippen molar-refractivity contribution in [2.24, 2.45) is 0 Å². The summed E-state index contributed by atoms with van der Waals surface area (Å²) >= 11 is 0. The molecule has 0 radical (unpaired) electrons. The van der Waals surface area contributed by atoms with Gasteiger partial charge in [0.25, 0.3) is 0 Å². The molecule has 1 amide bonds. The van der Waals surface area contributed by atoms with E-state index in [2.05, 4.69) is 5.32 Å². The van der Waals surface area contributed by atoms with Crippen molar-refractivity contribution in [2.45, 2.75) is 64.7 Å². The molecular formula is C18H27NO4. The molecule has 1 aromatic rings. The third-order valence-corrected chi connectivity index (χ3v) is 3.23. The minimum absolute atomic E-state index is 0.137. The second kappa shape index (κ2) is 8.67. The summed E-state index contributed by atoms with van der Waals surface area (Å²) in [6.07, 6.45) is -0.500. The van der Waals surface area contributed by atoms with Gasteiger partial charge in [0.05, 0.1) is 6.04 Å². The zero-order valence-corrected chi connectivity index (χ0v) is 14.3. The maximum atomic E-state index is 12.3. The molecule has 0 aliphatic rings. The molecule has 1 unspecified atom stereocenters. The molecule has 1 aromatic carbocycles. The maximum absolute atomic E-state index is 12.3. The zero-order valence-electron chi connectivity index (χ0n) is 14.3. The van der Waals surface area contributed by atoms with Crippen LogP contribution in [0.5, 0.6) is 0 Å². The molecule has 0 aliphatic carbocycles. The smallest absolute Gasteiger partial charge is 0.407 e. The van der Waals surface area contributed by atoms with E-state index in [0.717, 1.165) is 12.0 Å². The molecule has 2 N–H and O–H groups in total. The summed E-state index contributed by atoms with van der Waals surface area (Å²) < 4.78 is 5.19. The Morgan fingerprint density at radius 1 is 1.22 bits per heavy atom. The van der Waals surface area contributed by atoms with Gasteiger partial charge in [-0.15, -0.1) is 0 Å². The predicted octanol–water partition coefficient (Wildman–Crippen LogP) is 2.85. The number of ketones is 1. The Labute approximate surface area is 138 Å². The van der Waals surface area contributed by atoms with Crippen LogP contribution in [0.1, 0.15) is 46.1 Å². The Kier molecular flexibility index (Phi) is 7.23. The highest BCUT2D eigenvalue weighted by Crippen LogP contribution is 2.11. The lowest BCUT2D eigenvalue weighted by atomic mass is 9.98. The van der Waals surface area contributed by atoms with E-state index in [4.69, 9.17) is 4.74 Å². The molecule has 0 aromatic heterocycles. The van der Waals surface area contributed by atoms with Crippen molar-refractivity contribution in [3.8, 4) is 0 Å². The van der Waals surface area contributed by atoms with Crippen LogP contribution in [-0.2, 0) is 16.0 Å². The van der Waals surface area contributed by atoms with E-state index in [9.17, 15) is 14.7 Å². The van der Waals surface area contributed by atoms with Crippen molar-refractivity contribution in [3.05, 3.63) is 35.9 Å². The van der Waals surface area contributed by atoms with Crippen molar-refractivity contribution in [1.29, 1.82) is 0 Å². The van der Waals surface area contributed by atoms with Gasteiger partial charge in [0.15, 0.2) is 5.78 Å². The van der Waals surface area contributed by atoms with Gasteiger partial charge in [-0.05, 0) is 32.8 Å². The monoisotopic (exact) mass is 321 g/mol. The van der Waals surface area contributed by atoms with E-state index in [1.165, 1.54) is 0 Å². The first-order chi connectivity index (χ1) is 10.7. The maximum Gasteiger partial charge on any atom is 0.407 e. The number of carbonyl (C=O) groups excluding carboxylic acids is 2. The highest BCUT2D eigenvalue weighted by Gasteiger charge is 2.28. The molecule has 0 spiro atoms. The lowest BCUT2D eigenvalue weighted by Gasteiger charge is -2.26. The number of hydrogen-bond donors (Lipinski definition) is 2. The Morgan fingerprint density at radius 2 is 1.83 bits per heavy atom. The number of alkyl carbamates (subject to hydrolysis) is 1. The highest BCUT2D eigenvalue weighted by atomic mass is 16.6.